The third-order valence-corrected chi connectivity index (χ3v) is 5.86. The van der Waals surface area contributed by atoms with E-state index in [0.717, 1.165) is 0 Å². The number of sulfone groups is 1. The van der Waals surface area contributed by atoms with Crippen molar-refractivity contribution in [2.75, 3.05) is 30.0 Å². The molecule has 3 heterocycles. The van der Waals surface area contributed by atoms with Gasteiger partial charge in [0.15, 0.2) is 9.84 Å². The van der Waals surface area contributed by atoms with E-state index in [9.17, 15) is 8.42 Å². The largest absolute Gasteiger partial charge is 0.475 e. The van der Waals surface area contributed by atoms with Crippen LogP contribution < -0.4 is 15.4 Å². The number of anilines is 2. The van der Waals surface area contributed by atoms with Gasteiger partial charge >= 0.3 is 0 Å². The average Bonchev–Trinajstić information content (AvgIpc) is 2.53. The summed E-state index contributed by atoms with van der Waals surface area (Å²) < 4.78 is 28.8. The third kappa shape index (κ3) is 4.19. The molecule has 0 unspecified atom stereocenters. The highest BCUT2D eigenvalue weighted by Crippen LogP contribution is 2.25. The molecule has 0 aromatic carbocycles. The van der Waals surface area contributed by atoms with Gasteiger partial charge in [-0.1, -0.05) is 0 Å². The number of aromatic nitrogens is 2. The maximum Gasteiger partial charge on any atom is 0.214 e. The SMILES string of the molecule is CC(C)Oc1cc(C(=N)c2ccnc(N3CC(S(C)(=O)=O)C3)c2)c(N)cn1. The van der Waals surface area contributed by atoms with E-state index in [1.54, 1.807) is 24.4 Å². The topological polar surface area (TPSA) is 122 Å². The second-order valence-corrected chi connectivity index (χ2v) is 9.24. The lowest BCUT2D eigenvalue weighted by Gasteiger charge is -2.38. The molecule has 0 radical (unpaired) electrons. The van der Waals surface area contributed by atoms with E-state index in [0.29, 0.717) is 41.6 Å². The van der Waals surface area contributed by atoms with Gasteiger partial charge in [-0.05, 0) is 26.0 Å². The molecule has 2 aromatic rings. The minimum absolute atomic E-state index is 0.0371. The molecule has 0 saturated carbocycles. The van der Waals surface area contributed by atoms with E-state index in [2.05, 4.69) is 9.97 Å². The molecule has 9 heteroatoms. The molecule has 3 rings (SSSR count). The molecule has 0 spiro atoms. The molecule has 1 aliphatic heterocycles. The van der Waals surface area contributed by atoms with Crippen LogP contribution in [0.5, 0.6) is 5.88 Å². The van der Waals surface area contributed by atoms with Crippen LogP contribution in [-0.2, 0) is 9.84 Å². The average molecular weight is 389 g/mol. The molecule has 1 fully saturated rings. The van der Waals surface area contributed by atoms with E-state index in [1.807, 2.05) is 18.7 Å². The van der Waals surface area contributed by atoms with Crippen LogP contribution in [0.25, 0.3) is 0 Å². The normalized spacial score (nSPS) is 14.9. The van der Waals surface area contributed by atoms with Gasteiger partial charge in [0.25, 0.3) is 0 Å². The Morgan fingerprint density at radius 2 is 2.04 bits per heavy atom. The highest BCUT2D eigenvalue weighted by molar-refractivity contribution is 7.91. The summed E-state index contributed by atoms with van der Waals surface area (Å²) in [5, 5.41) is 8.17. The van der Waals surface area contributed by atoms with Crippen LogP contribution in [0.2, 0.25) is 0 Å². The summed E-state index contributed by atoms with van der Waals surface area (Å²) in [4.78, 5) is 10.3. The summed E-state index contributed by atoms with van der Waals surface area (Å²) in [5.74, 6) is 1.05. The fourth-order valence-electron chi connectivity index (χ4n) is 2.77. The monoisotopic (exact) mass is 389 g/mol. The van der Waals surface area contributed by atoms with Gasteiger partial charge < -0.3 is 15.4 Å². The lowest BCUT2D eigenvalue weighted by Crippen LogP contribution is -2.54. The number of rotatable bonds is 6. The van der Waals surface area contributed by atoms with Crippen molar-refractivity contribution >= 4 is 27.1 Å². The molecular weight excluding hydrogens is 366 g/mol. The number of nitrogens with zero attached hydrogens (tertiary/aromatic N) is 3. The highest BCUT2D eigenvalue weighted by atomic mass is 32.2. The first-order valence-electron chi connectivity index (χ1n) is 8.56. The Hall–Kier alpha value is -2.68. The van der Waals surface area contributed by atoms with E-state index in [-0.39, 0.29) is 17.1 Å². The number of nitrogens with two attached hydrogens (primary N) is 1. The predicted octanol–water partition coefficient (Wildman–Crippen LogP) is 1.50. The zero-order valence-corrected chi connectivity index (χ0v) is 16.3. The summed E-state index contributed by atoms with van der Waals surface area (Å²) >= 11 is 0. The number of nitrogen functional groups attached to an aromatic ring is 1. The van der Waals surface area contributed by atoms with Crippen LogP contribution in [0.15, 0.2) is 30.6 Å². The Bertz CT molecular complexity index is 969. The van der Waals surface area contributed by atoms with Crippen molar-refractivity contribution in [1.82, 2.24) is 9.97 Å². The molecule has 0 atom stereocenters. The molecule has 1 saturated heterocycles. The van der Waals surface area contributed by atoms with Crippen LogP contribution in [0.4, 0.5) is 11.5 Å². The van der Waals surface area contributed by atoms with Gasteiger partial charge in [0.1, 0.15) is 5.82 Å². The fourth-order valence-corrected chi connectivity index (χ4v) is 3.67. The van der Waals surface area contributed by atoms with E-state index in [4.69, 9.17) is 15.9 Å². The van der Waals surface area contributed by atoms with Gasteiger partial charge in [0.2, 0.25) is 5.88 Å². The highest BCUT2D eigenvalue weighted by Gasteiger charge is 2.35. The number of pyridine rings is 2. The maximum absolute atomic E-state index is 11.6. The van der Waals surface area contributed by atoms with Gasteiger partial charge in [-0.3, -0.25) is 5.41 Å². The smallest absolute Gasteiger partial charge is 0.214 e. The van der Waals surface area contributed by atoms with Crippen molar-refractivity contribution in [2.24, 2.45) is 0 Å². The van der Waals surface area contributed by atoms with Gasteiger partial charge in [-0.2, -0.15) is 0 Å². The van der Waals surface area contributed by atoms with Crippen molar-refractivity contribution in [3.63, 3.8) is 0 Å². The van der Waals surface area contributed by atoms with Gasteiger partial charge in [0, 0.05) is 42.7 Å². The molecule has 8 nitrogen and oxygen atoms in total. The van der Waals surface area contributed by atoms with Gasteiger partial charge in [-0.15, -0.1) is 0 Å². The first kappa shape index (κ1) is 19.1. The molecule has 0 aliphatic carbocycles. The third-order valence-electron chi connectivity index (χ3n) is 4.35. The zero-order chi connectivity index (χ0) is 19.8. The van der Waals surface area contributed by atoms with Crippen LogP contribution in [0.1, 0.15) is 25.0 Å². The Morgan fingerprint density at radius 3 is 2.67 bits per heavy atom. The summed E-state index contributed by atoms with van der Waals surface area (Å²) in [6.07, 6.45) is 4.30. The number of nitrogens with one attached hydrogen (secondary N) is 1. The van der Waals surface area contributed by atoms with E-state index < -0.39 is 9.84 Å². The van der Waals surface area contributed by atoms with Crippen molar-refractivity contribution in [3.8, 4) is 5.88 Å². The minimum atomic E-state index is -3.05. The second kappa shape index (κ2) is 7.15. The number of ether oxygens (including phenoxy) is 1. The summed E-state index contributed by atoms with van der Waals surface area (Å²) in [7, 11) is -3.05. The van der Waals surface area contributed by atoms with E-state index >= 15 is 0 Å². The van der Waals surface area contributed by atoms with Crippen LogP contribution in [0, 0.1) is 5.41 Å². The molecule has 3 N–H and O–H groups in total. The second-order valence-electron chi connectivity index (χ2n) is 6.91. The van der Waals surface area contributed by atoms with Crippen molar-refractivity contribution in [3.05, 3.63) is 41.7 Å². The van der Waals surface area contributed by atoms with Crippen LogP contribution in [-0.4, -0.2) is 54.8 Å². The molecule has 27 heavy (non-hydrogen) atoms. The Kier molecular flexibility index (Phi) is 5.05. The minimum Gasteiger partial charge on any atom is -0.475 e. The number of hydrogen-bond donors (Lipinski definition) is 2. The lowest BCUT2D eigenvalue weighted by molar-refractivity contribution is 0.232. The summed E-state index contributed by atoms with van der Waals surface area (Å²) in [6.45, 7) is 4.61. The Balaban J connectivity index is 1.82. The molecule has 2 aromatic heterocycles. The molecule has 0 bridgehead atoms. The summed E-state index contributed by atoms with van der Waals surface area (Å²) in [6, 6.07) is 5.15. The molecular formula is C18H23N5O3S. The molecule has 0 amide bonds. The zero-order valence-electron chi connectivity index (χ0n) is 15.5. The first-order valence-corrected chi connectivity index (χ1v) is 10.5. The maximum atomic E-state index is 11.6. The number of hydrogen-bond acceptors (Lipinski definition) is 8. The Morgan fingerprint density at radius 1 is 1.33 bits per heavy atom. The van der Waals surface area contributed by atoms with Crippen molar-refractivity contribution in [1.29, 1.82) is 5.41 Å². The summed E-state index contributed by atoms with van der Waals surface area (Å²) in [5.41, 5.74) is 7.78. The Labute approximate surface area is 158 Å². The fraction of sp³-hybridized carbons (Fsp3) is 0.389. The quantitative estimate of drug-likeness (QED) is 0.718. The van der Waals surface area contributed by atoms with Crippen LogP contribution in [0.3, 0.4) is 0 Å². The lowest BCUT2D eigenvalue weighted by atomic mass is 10.0. The molecule has 1 aliphatic rings. The van der Waals surface area contributed by atoms with Crippen LogP contribution >= 0.6 is 0 Å². The van der Waals surface area contributed by atoms with Crippen molar-refractivity contribution < 1.29 is 13.2 Å². The van der Waals surface area contributed by atoms with Crippen molar-refractivity contribution in [2.45, 2.75) is 25.2 Å². The predicted molar refractivity (Wildman–Crippen MR) is 105 cm³/mol. The van der Waals surface area contributed by atoms with Gasteiger partial charge in [0.05, 0.1) is 28.9 Å². The van der Waals surface area contributed by atoms with Gasteiger partial charge in [-0.25, -0.2) is 18.4 Å². The molecule has 144 valence electrons. The van der Waals surface area contributed by atoms with E-state index in [1.165, 1.54) is 12.5 Å². The standard InChI is InChI=1S/C18H23N5O3S/c1-11(2)26-17-7-14(15(19)8-22-17)18(20)12-4-5-21-16(6-12)23-9-13(10-23)27(3,24)25/h4-8,11,13,20H,9-10,19H2,1-3H3. The first-order chi connectivity index (χ1) is 12.6.